The Morgan fingerprint density at radius 2 is 1.86 bits per heavy atom. The van der Waals surface area contributed by atoms with Gasteiger partial charge in [0.2, 0.25) is 0 Å². The lowest BCUT2D eigenvalue weighted by Gasteiger charge is -2.11. The molecular formula is C17H15F2NO. The summed E-state index contributed by atoms with van der Waals surface area (Å²) in [5.41, 5.74) is 8.79. The molecule has 108 valence electrons. The summed E-state index contributed by atoms with van der Waals surface area (Å²) in [5, 5.41) is 0.933. The minimum atomic E-state index is -0.930. The van der Waals surface area contributed by atoms with Gasteiger partial charge in [-0.1, -0.05) is 24.3 Å². The molecule has 0 fully saturated rings. The fourth-order valence-corrected chi connectivity index (χ4v) is 2.55. The number of nitrogens with two attached hydrogens (primary N) is 1. The van der Waals surface area contributed by atoms with Gasteiger partial charge in [-0.2, -0.15) is 0 Å². The van der Waals surface area contributed by atoms with Crippen molar-refractivity contribution in [2.45, 2.75) is 19.9 Å². The maximum atomic E-state index is 13.9. The second kappa shape index (κ2) is 4.97. The van der Waals surface area contributed by atoms with E-state index in [2.05, 4.69) is 0 Å². The summed E-state index contributed by atoms with van der Waals surface area (Å²) >= 11 is 0. The van der Waals surface area contributed by atoms with Crippen LogP contribution in [-0.2, 0) is 0 Å². The highest BCUT2D eigenvalue weighted by molar-refractivity contribution is 5.83. The van der Waals surface area contributed by atoms with Crippen molar-refractivity contribution in [3.8, 4) is 0 Å². The van der Waals surface area contributed by atoms with Gasteiger partial charge in [0.05, 0.1) is 6.04 Å². The van der Waals surface area contributed by atoms with Crippen LogP contribution in [0.25, 0.3) is 11.0 Å². The molecule has 2 nitrogen and oxygen atoms in total. The van der Waals surface area contributed by atoms with Crippen LogP contribution in [0.1, 0.15) is 28.5 Å². The molecule has 3 rings (SSSR count). The molecule has 0 aliphatic heterocycles. The Morgan fingerprint density at radius 1 is 1.10 bits per heavy atom. The lowest BCUT2D eigenvalue weighted by Crippen LogP contribution is -2.14. The van der Waals surface area contributed by atoms with Crippen LogP contribution in [0.5, 0.6) is 0 Å². The summed E-state index contributed by atoms with van der Waals surface area (Å²) in [7, 11) is 0. The summed E-state index contributed by atoms with van der Waals surface area (Å²) in [6.07, 6.45) is 0. The summed E-state index contributed by atoms with van der Waals surface area (Å²) in [5.74, 6) is -1.38. The molecule has 1 atom stereocenters. The molecule has 1 heterocycles. The highest BCUT2D eigenvalue weighted by Gasteiger charge is 2.22. The summed E-state index contributed by atoms with van der Waals surface area (Å²) in [6.45, 7) is 3.83. The zero-order valence-electron chi connectivity index (χ0n) is 11.8. The Kier molecular flexibility index (Phi) is 3.26. The van der Waals surface area contributed by atoms with Crippen LogP contribution in [0, 0.1) is 25.5 Å². The van der Waals surface area contributed by atoms with Gasteiger partial charge in [0.25, 0.3) is 0 Å². The lowest BCUT2D eigenvalue weighted by molar-refractivity contribution is 0.474. The van der Waals surface area contributed by atoms with Gasteiger partial charge in [0.15, 0.2) is 11.6 Å². The first-order chi connectivity index (χ1) is 9.99. The number of hydrogen-bond donors (Lipinski definition) is 1. The largest absolute Gasteiger partial charge is 0.459 e. The number of fused-ring (bicyclic) bond motifs is 1. The van der Waals surface area contributed by atoms with Crippen LogP contribution < -0.4 is 5.73 Å². The molecule has 0 amide bonds. The first kappa shape index (κ1) is 13.8. The number of benzene rings is 2. The minimum absolute atomic E-state index is 0.0916. The predicted octanol–water partition coefficient (Wildman–Crippen LogP) is 4.38. The third kappa shape index (κ3) is 2.21. The van der Waals surface area contributed by atoms with Crippen molar-refractivity contribution in [1.29, 1.82) is 0 Å². The molecular weight excluding hydrogens is 272 g/mol. The Balaban J connectivity index is 2.15. The molecule has 0 aliphatic rings. The van der Waals surface area contributed by atoms with E-state index in [1.807, 2.05) is 32.0 Å². The highest BCUT2D eigenvalue weighted by Crippen LogP contribution is 2.33. The van der Waals surface area contributed by atoms with Crippen molar-refractivity contribution in [3.05, 3.63) is 70.5 Å². The van der Waals surface area contributed by atoms with Crippen molar-refractivity contribution >= 4 is 11.0 Å². The quantitative estimate of drug-likeness (QED) is 0.760. The smallest absolute Gasteiger partial charge is 0.164 e. The number of rotatable bonds is 2. The van der Waals surface area contributed by atoms with E-state index >= 15 is 0 Å². The van der Waals surface area contributed by atoms with E-state index in [9.17, 15) is 8.78 Å². The van der Waals surface area contributed by atoms with Crippen molar-refractivity contribution in [1.82, 2.24) is 0 Å². The zero-order valence-corrected chi connectivity index (χ0v) is 11.8. The van der Waals surface area contributed by atoms with Crippen molar-refractivity contribution in [2.24, 2.45) is 5.73 Å². The molecule has 0 radical (unpaired) electrons. The maximum Gasteiger partial charge on any atom is 0.164 e. The second-order valence-electron chi connectivity index (χ2n) is 5.21. The number of furan rings is 1. The fraction of sp³-hybridized carbons (Fsp3) is 0.176. The van der Waals surface area contributed by atoms with E-state index in [4.69, 9.17) is 10.2 Å². The molecule has 0 spiro atoms. The van der Waals surface area contributed by atoms with Gasteiger partial charge in [0, 0.05) is 16.5 Å². The SMILES string of the molecule is Cc1ccc2c(C)c(C(N)c3cccc(F)c3F)oc2c1. The number of halogens is 2. The molecule has 1 aromatic heterocycles. The van der Waals surface area contributed by atoms with Crippen LogP contribution >= 0.6 is 0 Å². The van der Waals surface area contributed by atoms with Crippen LogP contribution in [0.3, 0.4) is 0 Å². The van der Waals surface area contributed by atoms with Gasteiger partial charge in [-0.25, -0.2) is 8.78 Å². The first-order valence-electron chi connectivity index (χ1n) is 6.68. The molecule has 2 N–H and O–H groups in total. The van der Waals surface area contributed by atoms with Gasteiger partial charge >= 0.3 is 0 Å². The number of hydrogen-bond acceptors (Lipinski definition) is 2. The van der Waals surface area contributed by atoms with Crippen molar-refractivity contribution < 1.29 is 13.2 Å². The van der Waals surface area contributed by atoms with Crippen LogP contribution in [0.15, 0.2) is 40.8 Å². The van der Waals surface area contributed by atoms with Gasteiger partial charge in [-0.3, -0.25) is 0 Å². The zero-order chi connectivity index (χ0) is 15.1. The van der Waals surface area contributed by atoms with E-state index in [0.717, 1.165) is 22.6 Å². The molecule has 0 aliphatic carbocycles. The van der Waals surface area contributed by atoms with Crippen molar-refractivity contribution in [3.63, 3.8) is 0 Å². The maximum absolute atomic E-state index is 13.9. The van der Waals surface area contributed by atoms with E-state index < -0.39 is 17.7 Å². The van der Waals surface area contributed by atoms with Gasteiger partial charge in [-0.05, 0) is 31.5 Å². The Labute approximate surface area is 121 Å². The average molecular weight is 287 g/mol. The molecule has 0 bridgehead atoms. The topological polar surface area (TPSA) is 39.2 Å². The third-order valence-electron chi connectivity index (χ3n) is 3.73. The Morgan fingerprint density at radius 3 is 2.62 bits per heavy atom. The van der Waals surface area contributed by atoms with E-state index in [1.54, 1.807) is 0 Å². The average Bonchev–Trinajstić information content (AvgIpc) is 2.78. The van der Waals surface area contributed by atoms with E-state index in [0.29, 0.717) is 11.3 Å². The van der Waals surface area contributed by atoms with Gasteiger partial charge < -0.3 is 10.2 Å². The predicted molar refractivity (Wildman–Crippen MR) is 78.1 cm³/mol. The van der Waals surface area contributed by atoms with Crippen LogP contribution in [-0.4, -0.2) is 0 Å². The van der Waals surface area contributed by atoms with E-state index in [-0.39, 0.29) is 5.56 Å². The summed E-state index contributed by atoms with van der Waals surface area (Å²) in [4.78, 5) is 0. The Bertz CT molecular complexity index is 823. The van der Waals surface area contributed by atoms with Gasteiger partial charge in [-0.15, -0.1) is 0 Å². The third-order valence-corrected chi connectivity index (χ3v) is 3.73. The fourth-order valence-electron chi connectivity index (χ4n) is 2.55. The highest BCUT2D eigenvalue weighted by atomic mass is 19.2. The molecule has 0 saturated heterocycles. The normalized spacial score (nSPS) is 12.8. The molecule has 0 saturated carbocycles. The minimum Gasteiger partial charge on any atom is -0.459 e. The molecule has 2 aromatic carbocycles. The van der Waals surface area contributed by atoms with Crippen molar-refractivity contribution in [2.75, 3.05) is 0 Å². The Hall–Kier alpha value is -2.20. The monoisotopic (exact) mass is 287 g/mol. The standard InChI is InChI=1S/C17H15F2NO/c1-9-6-7-11-10(2)17(21-14(11)8-9)16(20)12-4-3-5-13(18)15(12)19/h3-8,16H,20H2,1-2H3. The summed E-state index contributed by atoms with van der Waals surface area (Å²) < 4.78 is 33.0. The molecule has 3 aromatic rings. The summed E-state index contributed by atoms with van der Waals surface area (Å²) in [6, 6.07) is 8.97. The second-order valence-corrected chi connectivity index (χ2v) is 5.21. The number of aryl methyl sites for hydroxylation is 2. The first-order valence-corrected chi connectivity index (χ1v) is 6.68. The molecule has 21 heavy (non-hydrogen) atoms. The van der Waals surface area contributed by atoms with E-state index in [1.165, 1.54) is 12.1 Å². The van der Waals surface area contributed by atoms with Crippen LogP contribution in [0.2, 0.25) is 0 Å². The molecule has 4 heteroatoms. The molecule has 1 unspecified atom stereocenters. The van der Waals surface area contributed by atoms with Crippen LogP contribution in [0.4, 0.5) is 8.78 Å². The van der Waals surface area contributed by atoms with Gasteiger partial charge in [0.1, 0.15) is 11.3 Å². The lowest BCUT2D eigenvalue weighted by atomic mass is 10.0.